The smallest absolute Gasteiger partial charge is 0.240 e. The van der Waals surface area contributed by atoms with Crippen molar-refractivity contribution in [1.82, 2.24) is 5.43 Å². The van der Waals surface area contributed by atoms with Crippen molar-refractivity contribution in [2.24, 2.45) is 5.10 Å². The third-order valence-electron chi connectivity index (χ3n) is 4.37. The summed E-state index contributed by atoms with van der Waals surface area (Å²) >= 11 is 0. The number of anilines is 1. The number of aryl methyl sites for hydroxylation is 1. The third kappa shape index (κ3) is 8.13. The van der Waals surface area contributed by atoms with E-state index in [-0.39, 0.29) is 24.7 Å². The second kappa shape index (κ2) is 11.0. The zero-order chi connectivity index (χ0) is 21.2. The molecule has 2 amide bonds. The molecule has 0 spiro atoms. The zero-order valence-electron chi connectivity index (χ0n) is 17.5. The van der Waals surface area contributed by atoms with Gasteiger partial charge in [0.15, 0.2) is 0 Å². The molecule has 0 bridgehead atoms. The summed E-state index contributed by atoms with van der Waals surface area (Å²) in [4.78, 5) is 23.8. The highest BCUT2D eigenvalue weighted by atomic mass is 16.2. The maximum atomic E-state index is 11.9. The Kier molecular flexibility index (Phi) is 8.34. The molecule has 0 aromatic heterocycles. The molecule has 0 saturated carbocycles. The Morgan fingerprint density at radius 1 is 0.966 bits per heavy atom. The van der Waals surface area contributed by atoms with Crippen molar-refractivity contribution in [3.63, 3.8) is 0 Å². The van der Waals surface area contributed by atoms with E-state index in [9.17, 15) is 9.59 Å². The molecule has 152 valence electrons. The van der Waals surface area contributed by atoms with Crippen molar-refractivity contribution >= 4 is 29.8 Å². The number of rotatable bonds is 8. The molecule has 0 heterocycles. The van der Waals surface area contributed by atoms with E-state index in [1.807, 2.05) is 44.2 Å². The van der Waals surface area contributed by atoms with Gasteiger partial charge in [-0.25, -0.2) is 5.43 Å². The van der Waals surface area contributed by atoms with E-state index < -0.39 is 0 Å². The highest BCUT2D eigenvalue weighted by Crippen LogP contribution is 2.16. The molecule has 2 aromatic rings. The number of allylic oxidation sites excluding steroid dienone is 1. The molecule has 0 aliphatic rings. The lowest BCUT2D eigenvalue weighted by Crippen LogP contribution is -2.20. The number of carbonyl (C=O) groups is 2. The standard InChI is InChI=1S/C24H29N3O2/c1-17(2)21-9-7-20(8-10-21)15-19(4)16-25-27-24(29)14-13-23(28)26-22-11-5-18(3)6-12-22/h5-12,15-17H,13-14H2,1-4H3,(H,26,28)(H,27,29)/b19-15+,25-16?. The summed E-state index contributed by atoms with van der Waals surface area (Å²) in [6, 6.07) is 15.9. The first-order chi connectivity index (χ1) is 13.8. The Labute approximate surface area is 172 Å². The first-order valence-corrected chi connectivity index (χ1v) is 9.80. The molecular formula is C24H29N3O2. The van der Waals surface area contributed by atoms with Gasteiger partial charge in [-0.3, -0.25) is 9.59 Å². The van der Waals surface area contributed by atoms with Crippen LogP contribution in [-0.4, -0.2) is 18.0 Å². The second-order valence-corrected chi connectivity index (χ2v) is 7.42. The van der Waals surface area contributed by atoms with E-state index in [0.29, 0.717) is 5.92 Å². The highest BCUT2D eigenvalue weighted by Gasteiger charge is 2.06. The predicted molar refractivity (Wildman–Crippen MR) is 120 cm³/mol. The van der Waals surface area contributed by atoms with Crippen LogP contribution in [0.4, 0.5) is 5.69 Å². The van der Waals surface area contributed by atoms with Crippen LogP contribution in [0, 0.1) is 6.92 Å². The molecular weight excluding hydrogens is 362 g/mol. The van der Waals surface area contributed by atoms with Gasteiger partial charge in [-0.2, -0.15) is 5.10 Å². The Hall–Kier alpha value is -3.21. The highest BCUT2D eigenvalue weighted by molar-refractivity contribution is 5.93. The summed E-state index contributed by atoms with van der Waals surface area (Å²) in [5.74, 6) is 0.00756. The van der Waals surface area contributed by atoms with Crippen LogP contribution in [0.15, 0.2) is 59.2 Å². The minimum absolute atomic E-state index is 0.0778. The largest absolute Gasteiger partial charge is 0.326 e. The van der Waals surface area contributed by atoms with Crippen molar-refractivity contribution in [2.45, 2.75) is 46.5 Å². The van der Waals surface area contributed by atoms with Crippen molar-refractivity contribution in [1.29, 1.82) is 0 Å². The molecule has 0 atom stereocenters. The zero-order valence-corrected chi connectivity index (χ0v) is 17.5. The van der Waals surface area contributed by atoms with Crippen molar-refractivity contribution < 1.29 is 9.59 Å². The van der Waals surface area contributed by atoms with Gasteiger partial charge in [0.1, 0.15) is 0 Å². The molecule has 0 aliphatic heterocycles. The molecule has 2 rings (SSSR count). The number of nitrogens with zero attached hydrogens (tertiary/aromatic N) is 1. The van der Waals surface area contributed by atoms with Crippen LogP contribution >= 0.6 is 0 Å². The van der Waals surface area contributed by atoms with E-state index >= 15 is 0 Å². The fourth-order valence-corrected chi connectivity index (χ4v) is 2.63. The summed E-state index contributed by atoms with van der Waals surface area (Å²) in [7, 11) is 0. The van der Waals surface area contributed by atoms with E-state index in [2.05, 4.69) is 54.0 Å². The summed E-state index contributed by atoms with van der Waals surface area (Å²) in [5, 5.41) is 6.73. The number of carbonyl (C=O) groups excluding carboxylic acids is 2. The summed E-state index contributed by atoms with van der Waals surface area (Å²) in [6.45, 7) is 8.23. The average molecular weight is 392 g/mol. The van der Waals surface area contributed by atoms with Crippen molar-refractivity contribution in [2.75, 3.05) is 5.32 Å². The van der Waals surface area contributed by atoms with Gasteiger partial charge in [0.2, 0.25) is 11.8 Å². The maximum absolute atomic E-state index is 11.9. The summed E-state index contributed by atoms with van der Waals surface area (Å²) < 4.78 is 0. The SMILES string of the molecule is C/C(C=NNC(=O)CCC(=O)Nc1ccc(C)cc1)=C\c1ccc(C(C)C)cc1. The Morgan fingerprint density at radius 3 is 2.21 bits per heavy atom. The molecule has 0 radical (unpaired) electrons. The van der Waals surface area contributed by atoms with Gasteiger partial charge in [-0.15, -0.1) is 0 Å². The van der Waals surface area contributed by atoms with Crippen molar-refractivity contribution in [3.8, 4) is 0 Å². The summed E-state index contributed by atoms with van der Waals surface area (Å²) in [6.07, 6.45) is 3.77. The molecule has 0 saturated heterocycles. The Balaban J connectivity index is 1.75. The second-order valence-electron chi connectivity index (χ2n) is 7.42. The van der Waals surface area contributed by atoms with Gasteiger partial charge in [0, 0.05) is 18.5 Å². The lowest BCUT2D eigenvalue weighted by atomic mass is 10.0. The van der Waals surface area contributed by atoms with Gasteiger partial charge >= 0.3 is 0 Å². The third-order valence-corrected chi connectivity index (χ3v) is 4.37. The van der Waals surface area contributed by atoms with Crippen LogP contribution in [0.5, 0.6) is 0 Å². The number of amides is 2. The molecule has 5 nitrogen and oxygen atoms in total. The number of hydrogen-bond donors (Lipinski definition) is 2. The number of nitrogens with one attached hydrogen (secondary N) is 2. The lowest BCUT2D eigenvalue weighted by Gasteiger charge is -2.05. The van der Waals surface area contributed by atoms with Crippen LogP contribution in [-0.2, 0) is 9.59 Å². The van der Waals surface area contributed by atoms with Crippen LogP contribution in [0.1, 0.15) is 56.2 Å². The molecule has 0 unspecified atom stereocenters. The van der Waals surface area contributed by atoms with Crippen LogP contribution < -0.4 is 10.7 Å². The lowest BCUT2D eigenvalue weighted by molar-refractivity contribution is -0.124. The fraction of sp³-hybridized carbons (Fsp3) is 0.292. The normalized spacial score (nSPS) is 11.7. The average Bonchev–Trinajstić information content (AvgIpc) is 2.68. The molecule has 2 N–H and O–H groups in total. The molecule has 0 fully saturated rings. The quantitative estimate of drug-likeness (QED) is 0.489. The van der Waals surface area contributed by atoms with Crippen LogP contribution in [0.25, 0.3) is 6.08 Å². The maximum Gasteiger partial charge on any atom is 0.240 e. The van der Waals surface area contributed by atoms with Crippen LogP contribution in [0.2, 0.25) is 0 Å². The Bertz CT molecular complexity index is 879. The molecule has 5 heteroatoms. The van der Waals surface area contributed by atoms with Gasteiger partial charge in [0.25, 0.3) is 0 Å². The topological polar surface area (TPSA) is 70.6 Å². The number of benzene rings is 2. The number of hydrazone groups is 1. The fourth-order valence-electron chi connectivity index (χ4n) is 2.63. The van der Waals surface area contributed by atoms with Crippen molar-refractivity contribution in [3.05, 3.63) is 70.8 Å². The van der Waals surface area contributed by atoms with E-state index in [1.54, 1.807) is 6.21 Å². The minimum atomic E-state index is -0.297. The summed E-state index contributed by atoms with van der Waals surface area (Å²) in [5.41, 5.74) is 7.60. The minimum Gasteiger partial charge on any atom is -0.326 e. The predicted octanol–water partition coefficient (Wildman–Crippen LogP) is 5.04. The van der Waals surface area contributed by atoms with E-state index in [1.165, 1.54) is 5.56 Å². The molecule has 29 heavy (non-hydrogen) atoms. The first-order valence-electron chi connectivity index (χ1n) is 9.80. The van der Waals surface area contributed by atoms with Gasteiger partial charge in [-0.05, 0) is 48.6 Å². The Morgan fingerprint density at radius 2 is 1.59 bits per heavy atom. The molecule has 0 aliphatic carbocycles. The van der Waals surface area contributed by atoms with E-state index in [4.69, 9.17) is 0 Å². The van der Waals surface area contributed by atoms with E-state index in [0.717, 1.165) is 22.4 Å². The first kappa shape index (κ1) is 22.1. The molecule has 2 aromatic carbocycles. The monoisotopic (exact) mass is 391 g/mol. The van der Waals surface area contributed by atoms with Gasteiger partial charge in [0.05, 0.1) is 6.21 Å². The van der Waals surface area contributed by atoms with Crippen LogP contribution in [0.3, 0.4) is 0 Å². The van der Waals surface area contributed by atoms with Gasteiger partial charge < -0.3 is 5.32 Å². The number of hydrogen-bond acceptors (Lipinski definition) is 3. The van der Waals surface area contributed by atoms with Gasteiger partial charge in [-0.1, -0.05) is 61.9 Å².